The van der Waals surface area contributed by atoms with Crippen molar-refractivity contribution in [1.82, 2.24) is 4.98 Å². The normalized spacial score (nSPS) is 14.3. The summed E-state index contributed by atoms with van der Waals surface area (Å²) in [7, 11) is 0. The van der Waals surface area contributed by atoms with Crippen LogP contribution in [0.15, 0.2) is 24.5 Å². The first-order chi connectivity index (χ1) is 8.89. The van der Waals surface area contributed by atoms with Gasteiger partial charge in [-0.1, -0.05) is 0 Å². The van der Waals surface area contributed by atoms with E-state index in [4.69, 9.17) is 0 Å². The Balaban J connectivity index is 2.24. The standard InChI is InChI=1S/C14H11NO3S/c1-14(2,18)10-5-8-11(16)9-6-15-4-3-7(9)12(17)13(8)19-10/h3-6,18H,1-2H3. The van der Waals surface area contributed by atoms with Gasteiger partial charge in [0.15, 0.2) is 5.78 Å². The second-order valence-electron chi connectivity index (χ2n) is 4.99. The van der Waals surface area contributed by atoms with Gasteiger partial charge < -0.3 is 5.11 Å². The number of carbonyl (C=O) groups excluding carboxylic acids is 2. The molecule has 0 radical (unpaired) electrons. The minimum Gasteiger partial charge on any atom is -0.385 e. The summed E-state index contributed by atoms with van der Waals surface area (Å²) in [4.78, 5) is 29.6. The molecule has 2 aromatic heterocycles. The minimum atomic E-state index is -1.06. The summed E-state index contributed by atoms with van der Waals surface area (Å²) >= 11 is 1.18. The van der Waals surface area contributed by atoms with Crippen molar-refractivity contribution in [2.24, 2.45) is 0 Å². The molecule has 0 atom stereocenters. The van der Waals surface area contributed by atoms with Gasteiger partial charge >= 0.3 is 0 Å². The predicted molar refractivity (Wildman–Crippen MR) is 70.7 cm³/mol. The van der Waals surface area contributed by atoms with E-state index in [1.54, 1.807) is 26.0 Å². The van der Waals surface area contributed by atoms with E-state index in [-0.39, 0.29) is 11.6 Å². The molecule has 4 nitrogen and oxygen atoms in total. The second-order valence-corrected chi connectivity index (χ2v) is 6.04. The Morgan fingerprint density at radius 3 is 2.58 bits per heavy atom. The van der Waals surface area contributed by atoms with Crippen molar-refractivity contribution in [2.75, 3.05) is 0 Å². The maximum absolute atomic E-state index is 12.3. The van der Waals surface area contributed by atoms with Crippen LogP contribution < -0.4 is 0 Å². The van der Waals surface area contributed by atoms with Gasteiger partial charge in [-0.15, -0.1) is 11.3 Å². The van der Waals surface area contributed by atoms with E-state index in [0.29, 0.717) is 26.4 Å². The van der Waals surface area contributed by atoms with Crippen molar-refractivity contribution in [3.05, 3.63) is 51.0 Å². The molecule has 0 amide bonds. The van der Waals surface area contributed by atoms with Crippen LogP contribution in [0.1, 0.15) is 49.9 Å². The number of thiophene rings is 1. The van der Waals surface area contributed by atoms with Crippen molar-refractivity contribution in [3.8, 4) is 0 Å². The highest BCUT2D eigenvalue weighted by Gasteiger charge is 2.34. The molecule has 2 aromatic rings. The van der Waals surface area contributed by atoms with E-state index in [2.05, 4.69) is 4.98 Å². The highest BCUT2D eigenvalue weighted by molar-refractivity contribution is 7.15. The first kappa shape index (κ1) is 12.2. The Morgan fingerprint density at radius 1 is 1.16 bits per heavy atom. The Hall–Kier alpha value is -1.85. The lowest BCUT2D eigenvalue weighted by molar-refractivity contribution is 0.0825. The summed E-state index contributed by atoms with van der Waals surface area (Å²) in [5, 5.41) is 10.0. The molecule has 0 spiro atoms. The lowest BCUT2D eigenvalue weighted by Gasteiger charge is -2.13. The van der Waals surface area contributed by atoms with Gasteiger partial charge in [0, 0.05) is 28.4 Å². The maximum Gasteiger partial charge on any atom is 0.204 e. The van der Waals surface area contributed by atoms with Crippen molar-refractivity contribution in [1.29, 1.82) is 0 Å². The highest BCUT2D eigenvalue weighted by Crippen LogP contribution is 2.36. The van der Waals surface area contributed by atoms with Crippen LogP contribution in [0.4, 0.5) is 0 Å². The van der Waals surface area contributed by atoms with Gasteiger partial charge in [0.05, 0.1) is 16.0 Å². The van der Waals surface area contributed by atoms with Crippen LogP contribution in [0.25, 0.3) is 0 Å². The van der Waals surface area contributed by atoms with Crippen LogP contribution in [-0.2, 0) is 5.60 Å². The van der Waals surface area contributed by atoms with E-state index in [1.165, 1.54) is 23.7 Å². The van der Waals surface area contributed by atoms with Gasteiger partial charge in [-0.3, -0.25) is 14.6 Å². The fourth-order valence-electron chi connectivity index (χ4n) is 2.07. The largest absolute Gasteiger partial charge is 0.385 e. The molecule has 0 aliphatic heterocycles. The average Bonchev–Trinajstić information content (AvgIpc) is 2.81. The molecule has 0 saturated heterocycles. The number of rotatable bonds is 1. The zero-order chi connectivity index (χ0) is 13.8. The Morgan fingerprint density at radius 2 is 1.89 bits per heavy atom. The maximum atomic E-state index is 12.3. The zero-order valence-electron chi connectivity index (χ0n) is 10.4. The van der Waals surface area contributed by atoms with E-state index in [9.17, 15) is 14.7 Å². The summed E-state index contributed by atoms with van der Waals surface area (Å²) in [6.07, 6.45) is 2.92. The molecule has 0 unspecified atom stereocenters. The highest BCUT2D eigenvalue weighted by atomic mass is 32.1. The molecular weight excluding hydrogens is 262 g/mol. The lowest BCUT2D eigenvalue weighted by Crippen LogP contribution is -2.18. The second kappa shape index (κ2) is 3.82. The number of carbonyl (C=O) groups is 2. The first-order valence-electron chi connectivity index (χ1n) is 5.79. The number of pyridine rings is 1. The van der Waals surface area contributed by atoms with Gasteiger partial charge in [-0.25, -0.2) is 0 Å². The summed E-state index contributed by atoms with van der Waals surface area (Å²) < 4.78 is 0. The molecule has 1 aliphatic carbocycles. The van der Waals surface area contributed by atoms with Crippen LogP contribution in [0.5, 0.6) is 0 Å². The first-order valence-corrected chi connectivity index (χ1v) is 6.61. The molecule has 0 saturated carbocycles. The smallest absolute Gasteiger partial charge is 0.204 e. The summed E-state index contributed by atoms with van der Waals surface area (Å²) in [6, 6.07) is 3.16. The zero-order valence-corrected chi connectivity index (χ0v) is 11.2. The molecule has 0 fully saturated rings. The predicted octanol–water partition coefficient (Wildman–Crippen LogP) is 2.15. The van der Waals surface area contributed by atoms with Crippen LogP contribution in [0.3, 0.4) is 0 Å². The molecule has 19 heavy (non-hydrogen) atoms. The third-order valence-electron chi connectivity index (χ3n) is 3.10. The van der Waals surface area contributed by atoms with Crippen molar-refractivity contribution >= 4 is 22.9 Å². The van der Waals surface area contributed by atoms with Crippen LogP contribution in [-0.4, -0.2) is 21.7 Å². The summed E-state index contributed by atoms with van der Waals surface area (Å²) in [5.41, 5.74) is 0.0249. The number of nitrogens with zero attached hydrogens (tertiary/aromatic N) is 1. The lowest BCUT2D eigenvalue weighted by atomic mass is 9.90. The van der Waals surface area contributed by atoms with Crippen LogP contribution in [0, 0.1) is 0 Å². The number of hydrogen-bond acceptors (Lipinski definition) is 5. The van der Waals surface area contributed by atoms with Gasteiger partial charge in [-0.05, 0) is 26.0 Å². The third-order valence-corrected chi connectivity index (χ3v) is 4.54. The molecule has 3 rings (SSSR count). The van der Waals surface area contributed by atoms with Crippen molar-refractivity contribution in [3.63, 3.8) is 0 Å². The Kier molecular flexibility index (Phi) is 2.45. The third kappa shape index (κ3) is 1.74. The molecule has 5 heteroatoms. The topological polar surface area (TPSA) is 67.3 Å². The van der Waals surface area contributed by atoms with E-state index in [1.807, 2.05) is 0 Å². The van der Waals surface area contributed by atoms with Crippen LogP contribution in [0.2, 0.25) is 0 Å². The molecule has 96 valence electrons. The number of hydrogen-bond donors (Lipinski definition) is 1. The Bertz CT molecular complexity index is 657. The molecule has 1 N–H and O–H groups in total. The average molecular weight is 273 g/mol. The molecule has 1 aliphatic rings. The number of aromatic nitrogens is 1. The molecule has 2 heterocycles. The van der Waals surface area contributed by atoms with Gasteiger partial charge in [0.25, 0.3) is 0 Å². The summed E-state index contributed by atoms with van der Waals surface area (Å²) in [6.45, 7) is 3.27. The fraction of sp³-hybridized carbons (Fsp3) is 0.214. The number of aliphatic hydroxyl groups is 1. The molecular formula is C14H11NO3S. The SMILES string of the molecule is CC(C)(O)c1cc2c(s1)C(=O)c1ccncc1C2=O. The van der Waals surface area contributed by atoms with E-state index in [0.717, 1.165) is 0 Å². The van der Waals surface area contributed by atoms with E-state index >= 15 is 0 Å². The molecule has 0 aromatic carbocycles. The number of ketones is 2. The van der Waals surface area contributed by atoms with Crippen molar-refractivity contribution < 1.29 is 14.7 Å². The minimum absolute atomic E-state index is 0.174. The number of fused-ring (bicyclic) bond motifs is 2. The fourth-order valence-corrected chi connectivity index (χ4v) is 3.18. The van der Waals surface area contributed by atoms with E-state index < -0.39 is 5.60 Å². The monoisotopic (exact) mass is 273 g/mol. The van der Waals surface area contributed by atoms with Crippen molar-refractivity contribution in [2.45, 2.75) is 19.4 Å². The van der Waals surface area contributed by atoms with Gasteiger partial charge in [0.2, 0.25) is 5.78 Å². The van der Waals surface area contributed by atoms with Crippen LogP contribution >= 0.6 is 11.3 Å². The van der Waals surface area contributed by atoms with Gasteiger partial charge in [-0.2, -0.15) is 0 Å². The van der Waals surface area contributed by atoms with Gasteiger partial charge in [0.1, 0.15) is 0 Å². The summed E-state index contributed by atoms with van der Waals surface area (Å²) in [5.74, 6) is -0.378. The quantitative estimate of drug-likeness (QED) is 0.737. The molecule has 0 bridgehead atoms. The Labute approximate surface area is 113 Å².